The Morgan fingerprint density at radius 2 is 0.750 bits per heavy atom. The summed E-state index contributed by atoms with van der Waals surface area (Å²) in [5, 5.41) is 9.61. The summed E-state index contributed by atoms with van der Waals surface area (Å²) in [5.41, 5.74) is 0. The molecule has 0 spiro atoms. The topological polar surface area (TPSA) is 113 Å². The van der Waals surface area contributed by atoms with Gasteiger partial charge in [-0.3, -0.25) is 9.59 Å². The van der Waals surface area contributed by atoms with Crippen molar-refractivity contribution in [2.24, 2.45) is 0 Å². The Kier molecular flexibility index (Phi) is 45.8. The van der Waals surface area contributed by atoms with Crippen LogP contribution in [-0.2, 0) is 38.0 Å². The van der Waals surface area contributed by atoms with Crippen molar-refractivity contribution in [2.45, 2.75) is 194 Å². The second kappa shape index (κ2) is 47.7. The van der Waals surface area contributed by atoms with Gasteiger partial charge in [0.05, 0.1) is 32.7 Å². The number of ether oxygens (including phenoxy) is 6. The van der Waals surface area contributed by atoms with Gasteiger partial charge in [-0.1, -0.05) is 76.3 Å². The van der Waals surface area contributed by atoms with E-state index in [2.05, 4.69) is 81.2 Å². The standard InChI is InChI=1S/C50H91NO9/c1-5-9-13-17-21-27-43-57-49(58-44-28-22-18-14-10-6-2)35-33-47(53)55-41-31-25-37-51(39-40-52)38-26-32-42-56-48(54)34-36-50(59-45-29-23-19-15-11-7-3)60-46-30-24-20-16-12-8-4/h9-16,49-50,52H,5-8,17-46H2,1-4H3/b13-9-,14-10-,15-11-,16-12-. The van der Waals surface area contributed by atoms with E-state index in [1.165, 1.54) is 0 Å². The smallest absolute Gasteiger partial charge is 0.305 e. The zero-order valence-electron chi connectivity index (χ0n) is 39.0. The minimum absolute atomic E-state index is 0.0816. The van der Waals surface area contributed by atoms with Gasteiger partial charge < -0.3 is 38.4 Å². The molecule has 0 aliphatic rings. The predicted octanol–water partition coefficient (Wildman–Crippen LogP) is 11.8. The van der Waals surface area contributed by atoms with Crippen molar-refractivity contribution in [3.05, 3.63) is 48.6 Å². The minimum Gasteiger partial charge on any atom is -0.466 e. The van der Waals surface area contributed by atoms with Crippen LogP contribution in [-0.4, -0.2) is 100 Å². The van der Waals surface area contributed by atoms with E-state index in [9.17, 15) is 14.7 Å². The fourth-order valence-corrected chi connectivity index (χ4v) is 6.22. The first-order valence-corrected chi connectivity index (χ1v) is 24.2. The summed E-state index contributed by atoms with van der Waals surface area (Å²) < 4.78 is 35.2. The third-order valence-corrected chi connectivity index (χ3v) is 9.73. The van der Waals surface area contributed by atoms with Crippen molar-refractivity contribution in [1.29, 1.82) is 0 Å². The van der Waals surface area contributed by atoms with Crippen LogP contribution in [0.25, 0.3) is 0 Å². The van der Waals surface area contributed by atoms with Crippen LogP contribution in [0, 0.1) is 0 Å². The lowest BCUT2D eigenvalue weighted by Gasteiger charge is -2.21. The second-order valence-electron chi connectivity index (χ2n) is 15.3. The van der Waals surface area contributed by atoms with Crippen LogP contribution in [0.3, 0.4) is 0 Å². The van der Waals surface area contributed by atoms with Gasteiger partial charge in [-0.15, -0.1) is 0 Å². The first-order valence-electron chi connectivity index (χ1n) is 24.2. The van der Waals surface area contributed by atoms with Gasteiger partial charge in [-0.25, -0.2) is 0 Å². The highest BCUT2D eigenvalue weighted by atomic mass is 16.7. The largest absolute Gasteiger partial charge is 0.466 e. The number of esters is 2. The number of carbonyl (C=O) groups is 2. The van der Waals surface area contributed by atoms with Gasteiger partial charge in [0.25, 0.3) is 0 Å². The minimum atomic E-state index is -0.396. The maximum atomic E-state index is 12.6. The molecule has 0 aromatic carbocycles. The van der Waals surface area contributed by atoms with Crippen LogP contribution in [0.4, 0.5) is 0 Å². The first-order chi connectivity index (χ1) is 29.5. The summed E-state index contributed by atoms with van der Waals surface area (Å²) in [7, 11) is 0. The van der Waals surface area contributed by atoms with E-state index >= 15 is 0 Å². The van der Waals surface area contributed by atoms with E-state index in [0.29, 0.717) is 59.0 Å². The van der Waals surface area contributed by atoms with Crippen LogP contribution in [0.15, 0.2) is 48.6 Å². The van der Waals surface area contributed by atoms with Crippen molar-refractivity contribution in [2.75, 3.05) is 65.9 Å². The summed E-state index contributed by atoms with van der Waals surface area (Å²) in [6.45, 7) is 14.1. The third kappa shape index (κ3) is 42.4. The number of hydrogen-bond donors (Lipinski definition) is 1. The molecule has 0 aliphatic heterocycles. The maximum Gasteiger partial charge on any atom is 0.305 e. The SMILES string of the molecule is CC/C=C\CCCCOC(CCC(=O)OCCCCN(CCO)CCCCOC(=O)CCC(OCCCC/C=C\CC)OCCCC/C=C\CC)OCCCC/C=C\CC. The van der Waals surface area contributed by atoms with Gasteiger partial charge in [0.2, 0.25) is 0 Å². The van der Waals surface area contributed by atoms with Crippen molar-refractivity contribution in [1.82, 2.24) is 4.90 Å². The average molecular weight is 850 g/mol. The van der Waals surface area contributed by atoms with Crippen LogP contribution in [0.2, 0.25) is 0 Å². The summed E-state index contributed by atoms with van der Waals surface area (Å²) in [4.78, 5) is 27.3. The van der Waals surface area contributed by atoms with E-state index in [1.807, 2.05) is 0 Å². The molecule has 0 unspecified atom stereocenters. The fraction of sp³-hybridized carbons (Fsp3) is 0.800. The van der Waals surface area contributed by atoms with E-state index in [4.69, 9.17) is 28.4 Å². The Labute approximate surface area is 367 Å². The number of aliphatic hydroxyl groups excluding tert-OH is 1. The molecule has 0 heterocycles. The van der Waals surface area contributed by atoms with E-state index < -0.39 is 12.6 Å². The monoisotopic (exact) mass is 850 g/mol. The maximum absolute atomic E-state index is 12.6. The highest BCUT2D eigenvalue weighted by Gasteiger charge is 2.15. The van der Waals surface area contributed by atoms with Gasteiger partial charge in [0, 0.05) is 45.8 Å². The summed E-state index contributed by atoms with van der Waals surface area (Å²) in [6.07, 6.45) is 38.2. The number of unbranched alkanes of at least 4 members (excludes halogenated alkanes) is 10. The number of nitrogens with zero attached hydrogens (tertiary/aromatic N) is 1. The molecular weight excluding hydrogens is 759 g/mol. The van der Waals surface area contributed by atoms with Crippen LogP contribution in [0.1, 0.15) is 182 Å². The summed E-state index contributed by atoms with van der Waals surface area (Å²) >= 11 is 0. The molecule has 0 rings (SSSR count). The van der Waals surface area contributed by atoms with E-state index in [1.54, 1.807) is 0 Å². The van der Waals surface area contributed by atoms with Crippen LogP contribution in [0.5, 0.6) is 0 Å². The number of aliphatic hydroxyl groups is 1. The van der Waals surface area contributed by atoms with Gasteiger partial charge in [-0.05, 0) is 142 Å². The van der Waals surface area contributed by atoms with Crippen molar-refractivity contribution < 1.29 is 43.1 Å². The summed E-state index contributed by atoms with van der Waals surface area (Å²) in [6, 6.07) is 0. The second-order valence-corrected chi connectivity index (χ2v) is 15.3. The molecule has 0 radical (unpaired) electrons. The van der Waals surface area contributed by atoms with E-state index in [0.717, 1.165) is 142 Å². The average Bonchev–Trinajstić information content (AvgIpc) is 3.25. The molecule has 0 amide bonds. The molecule has 0 bridgehead atoms. The molecular formula is C50H91NO9. The molecule has 350 valence electrons. The van der Waals surface area contributed by atoms with Gasteiger partial charge in [0.1, 0.15) is 0 Å². The Bertz CT molecular complexity index is 921. The molecule has 10 heteroatoms. The zero-order chi connectivity index (χ0) is 43.8. The van der Waals surface area contributed by atoms with E-state index in [-0.39, 0.29) is 31.4 Å². The summed E-state index contributed by atoms with van der Waals surface area (Å²) in [5.74, 6) is -0.452. The third-order valence-electron chi connectivity index (χ3n) is 9.73. The lowest BCUT2D eigenvalue weighted by molar-refractivity contribution is -0.159. The predicted molar refractivity (Wildman–Crippen MR) is 247 cm³/mol. The molecule has 0 fully saturated rings. The molecule has 60 heavy (non-hydrogen) atoms. The molecule has 0 aromatic heterocycles. The first kappa shape index (κ1) is 57.7. The lowest BCUT2D eigenvalue weighted by Crippen LogP contribution is -2.29. The van der Waals surface area contributed by atoms with Gasteiger partial charge >= 0.3 is 11.9 Å². The Hall–Kier alpha value is -2.34. The highest BCUT2D eigenvalue weighted by Crippen LogP contribution is 2.12. The number of carbonyl (C=O) groups excluding carboxylic acids is 2. The Balaban J connectivity index is 4.41. The van der Waals surface area contributed by atoms with Crippen molar-refractivity contribution >= 4 is 11.9 Å². The molecule has 1 N–H and O–H groups in total. The van der Waals surface area contributed by atoms with Crippen molar-refractivity contribution in [3.8, 4) is 0 Å². The normalized spacial score (nSPS) is 12.3. The number of hydrogen-bond acceptors (Lipinski definition) is 10. The molecule has 0 aromatic rings. The quantitative estimate of drug-likeness (QED) is 0.0275. The zero-order valence-corrected chi connectivity index (χ0v) is 39.0. The van der Waals surface area contributed by atoms with Crippen molar-refractivity contribution in [3.63, 3.8) is 0 Å². The molecule has 0 saturated carbocycles. The highest BCUT2D eigenvalue weighted by molar-refractivity contribution is 5.69. The lowest BCUT2D eigenvalue weighted by atomic mass is 10.2. The van der Waals surface area contributed by atoms with Crippen LogP contribution >= 0.6 is 0 Å². The Morgan fingerprint density at radius 1 is 0.433 bits per heavy atom. The van der Waals surface area contributed by atoms with Crippen LogP contribution < -0.4 is 0 Å². The fourth-order valence-electron chi connectivity index (χ4n) is 6.22. The Morgan fingerprint density at radius 3 is 1.05 bits per heavy atom. The molecule has 0 saturated heterocycles. The van der Waals surface area contributed by atoms with Gasteiger partial charge in [0.15, 0.2) is 12.6 Å². The molecule has 10 nitrogen and oxygen atoms in total. The number of allylic oxidation sites excluding steroid dienone is 8. The number of rotatable bonds is 46. The van der Waals surface area contributed by atoms with Gasteiger partial charge in [-0.2, -0.15) is 0 Å². The molecule has 0 aliphatic carbocycles. The molecule has 0 atom stereocenters.